The molecule has 6 nitrogen and oxygen atoms in total. The van der Waals surface area contributed by atoms with Crippen LogP contribution in [0.25, 0.3) is 11.0 Å². The van der Waals surface area contributed by atoms with Crippen molar-refractivity contribution >= 4 is 23.0 Å². The van der Waals surface area contributed by atoms with Gasteiger partial charge in [0, 0.05) is 5.70 Å². The van der Waals surface area contributed by atoms with Crippen molar-refractivity contribution in [3.63, 3.8) is 0 Å². The summed E-state index contributed by atoms with van der Waals surface area (Å²) in [5.41, 5.74) is 3.61. The van der Waals surface area contributed by atoms with Gasteiger partial charge in [-0.2, -0.15) is 0 Å². The number of carbonyl (C=O) groups is 1. The fraction of sp³-hybridized carbons (Fsp3) is 0.143. The second-order valence-corrected chi connectivity index (χ2v) is 6.34. The van der Waals surface area contributed by atoms with Crippen LogP contribution in [0, 0.1) is 0 Å². The van der Waals surface area contributed by atoms with Gasteiger partial charge in [-0.15, -0.1) is 0 Å². The highest BCUT2D eigenvalue weighted by atomic mass is 16.5. The number of phenols is 1. The summed E-state index contributed by atoms with van der Waals surface area (Å²) in [7, 11) is 0. The lowest BCUT2D eigenvalue weighted by Gasteiger charge is -2.30. The van der Waals surface area contributed by atoms with Crippen molar-refractivity contribution in [2.75, 3.05) is 11.9 Å². The maximum absolute atomic E-state index is 12.8. The summed E-state index contributed by atoms with van der Waals surface area (Å²) in [6, 6.07) is 14.1. The van der Waals surface area contributed by atoms with Crippen LogP contribution < -0.4 is 5.32 Å². The molecule has 0 fully saturated rings. The number of ether oxygens (including phenoxy) is 1. The lowest BCUT2D eigenvalue weighted by Crippen LogP contribution is -2.29. The van der Waals surface area contributed by atoms with E-state index in [4.69, 9.17) is 4.74 Å². The molecule has 4 rings (SSSR count). The molecule has 6 heteroatoms. The lowest BCUT2D eigenvalue weighted by molar-refractivity contribution is -0.138. The maximum atomic E-state index is 12.8. The van der Waals surface area contributed by atoms with Gasteiger partial charge < -0.3 is 15.2 Å². The molecule has 0 saturated carbocycles. The van der Waals surface area contributed by atoms with Crippen LogP contribution in [0.3, 0.4) is 0 Å². The molecule has 1 aliphatic rings. The fourth-order valence-corrected chi connectivity index (χ4v) is 3.45. The first-order chi connectivity index (χ1) is 13.1. The number of carbonyl (C=O) groups excluding carboxylic acids is 1. The summed E-state index contributed by atoms with van der Waals surface area (Å²) < 4.78 is 7.30. The van der Waals surface area contributed by atoms with Crippen LogP contribution in [-0.2, 0) is 9.53 Å². The number of phenolic OH excluding ortho intramolecular Hbond substituents is 1. The largest absolute Gasteiger partial charge is 0.508 e. The summed E-state index contributed by atoms with van der Waals surface area (Å²) in [5.74, 6) is 0.340. The Morgan fingerprint density at radius 2 is 2.15 bits per heavy atom. The van der Waals surface area contributed by atoms with Gasteiger partial charge in [-0.05, 0) is 36.8 Å². The molecule has 3 aromatic rings. The Hall–Kier alpha value is -3.54. The maximum Gasteiger partial charge on any atom is 0.338 e. The van der Waals surface area contributed by atoms with Crippen LogP contribution in [0.5, 0.6) is 5.75 Å². The van der Waals surface area contributed by atoms with E-state index in [0.29, 0.717) is 17.2 Å². The third-order valence-corrected chi connectivity index (χ3v) is 4.57. The Kier molecular flexibility index (Phi) is 4.16. The van der Waals surface area contributed by atoms with Crippen molar-refractivity contribution in [1.29, 1.82) is 0 Å². The fourth-order valence-electron chi connectivity index (χ4n) is 3.45. The molecule has 2 heterocycles. The Labute approximate surface area is 156 Å². The molecule has 0 unspecified atom stereocenters. The highest BCUT2D eigenvalue weighted by molar-refractivity contribution is 5.94. The van der Waals surface area contributed by atoms with Crippen molar-refractivity contribution in [2.45, 2.75) is 13.0 Å². The van der Waals surface area contributed by atoms with Gasteiger partial charge in [0.1, 0.15) is 12.4 Å². The first kappa shape index (κ1) is 16.9. The number of fused-ring (bicyclic) bond motifs is 3. The molecular formula is C21H19N3O3. The molecule has 2 aromatic carbocycles. The molecule has 136 valence electrons. The number of benzene rings is 2. The van der Waals surface area contributed by atoms with Crippen LogP contribution in [-0.4, -0.2) is 27.2 Å². The van der Waals surface area contributed by atoms with Gasteiger partial charge in [0.2, 0.25) is 5.95 Å². The Morgan fingerprint density at radius 3 is 2.93 bits per heavy atom. The number of nitrogens with one attached hydrogen (secondary N) is 1. The van der Waals surface area contributed by atoms with Crippen molar-refractivity contribution in [3.8, 4) is 5.75 Å². The molecule has 0 radical (unpaired) electrons. The predicted molar refractivity (Wildman–Crippen MR) is 103 cm³/mol. The van der Waals surface area contributed by atoms with E-state index in [-0.39, 0.29) is 12.4 Å². The predicted octanol–water partition coefficient (Wildman–Crippen LogP) is 3.76. The van der Waals surface area contributed by atoms with E-state index in [9.17, 15) is 9.90 Å². The number of imidazole rings is 1. The van der Waals surface area contributed by atoms with Gasteiger partial charge in [-0.25, -0.2) is 9.78 Å². The smallest absolute Gasteiger partial charge is 0.338 e. The molecule has 1 aromatic heterocycles. The minimum atomic E-state index is -0.474. The highest BCUT2D eigenvalue weighted by Crippen LogP contribution is 2.40. The highest BCUT2D eigenvalue weighted by Gasteiger charge is 2.35. The van der Waals surface area contributed by atoms with Gasteiger partial charge >= 0.3 is 5.97 Å². The van der Waals surface area contributed by atoms with Gasteiger partial charge in [-0.3, -0.25) is 4.57 Å². The quantitative estimate of drug-likeness (QED) is 0.547. The monoisotopic (exact) mass is 361 g/mol. The molecule has 1 atom stereocenters. The van der Waals surface area contributed by atoms with Crippen LogP contribution >= 0.6 is 0 Å². The van der Waals surface area contributed by atoms with Crippen LogP contribution in [0.4, 0.5) is 5.95 Å². The zero-order valence-corrected chi connectivity index (χ0v) is 14.8. The summed E-state index contributed by atoms with van der Waals surface area (Å²) in [4.78, 5) is 17.5. The molecule has 0 bridgehead atoms. The Morgan fingerprint density at radius 1 is 1.33 bits per heavy atom. The standard InChI is InChI=1S/C21H19N3O3/c1-3-11-27-20(26)18-13(2)22-21-23-16-9-4-5-10-17(16)24(21)19(18)14-7-6-8-15(25)12-14/h3-10,12,19,25H,1,11H2,2H3,(H,22,23)/t19-/m0/s1. The summed E-state index contributed by atoms with van der Waals surface area (Å²) in [5, 5.41) is 13.2. The lowest BCUT2D eigenvalue weighted by atomic mass is 9.95. The van der Waals surface area contributed by atoms with Crippen molar-refractivity contribution in [1.82, 2.24) is 9.55 Å². The topological polar surface area (TPSA) is 76.4 Å². The third kappa shape index (κ3) is 2.85. The van der Waals surface area contributed by atoms with Crippen LogP contribution in [0.1, 0.15) is 18.5 Å². The zero-order chi connectivity index (χ0) is 19.0. The minimum absolute atomic E-state index is 0.125. The van der Waals surface area contributed by atoms with E-state index in [0.717, 1.165) is 16.6 Å². The number of esters is 1. The Balaban J connectivity index is 1.95. The Bertz CT molecular complexity index is 1080. The molecule has 1 aliphatic heterocycles. The molecule has 2 N–H and O–H groups in total. The van der Waals surface area contributed by atoms with E-state index in [1.54, 1.807) is 18.2 Å². The van der Waals surface area contributed by atoms with Gasteiger partial charge in [0.15, 0.2) is 0 Å². The second kappa shape index (κ2) is 6.64. The number of aromatic hydroxyl groups is 1. The van der Waals surface area contributed by atoms with Crippen molar-refractivity contribution in [3.05, 3.63) is 78.0 Å². The summed E-state index contributed by atoms with van der Waals surface area (Å²) in [6.07, 6.45) is 1.53. The van der Waals surface area contributed by atoms with Gasteiger partial charge in [0.05, 0.1) is 22.6 Å². The number of aromatic nitrogens is 2. The normalized spacial score (nSPS) is 16.0. The number of hydrogen-bond acceptors (Lipinski definition) is 5. The number of para-hydroxylation sites is 2. The first-order valence-corrected chi connectivity index (χ1v) is 8.62. The minimum Gasteiger partial charge on any atom is -0.508 e. The van der Waals surface area contributed by atoms with E-state index >= 15 is 0 Å². The molecule has 27 heavy (non-hydrogen) atoms. The van der Waals surface area contributed by atoms with E-state index < -0.39 is 12.0 Å². The molecule has 0 amide bonds. The number of rotatable bonds is 4. The summed E-state index contributed by atoms with van der Waals surface area (Å²) >= 11 is 0. The van der Waals surface area contributed by atoms with Gasteiger partial charge in [-0.1, -0.05) is 36.9 Å². The number of hydrogen-bond donors (Lipinski definition) is 2. The number of nitrogens with zero attached hydrogens (tertiary/aromatic N) is 2. The van der Waals surface area contributed by atoms with Gasteiger partial charge in [0.25, 0.3) is 0 Å². The number of allylic oxidation sites excluding steroid dienone is 1. The SMILES string of the molecule is C=CCOC(=O)C1=C(C)Nc2nc3ccccc3n2[C@H]1c1cccc(O)c1. The number of anilines is 1. The van der Waals surface area contributed by atoms with E-state index in [1.165, 1.54) is 6.08 Å². The third-order valence-electron chi connectivity index (χ3n) is 4.57. The average molecular weight is 361 g/mol. The van der Waals surface area contributed by atoms with E-state index in [2.05, 4.69) is 16.9 Å². The molecule has 0 saturated heterocycles. The van der Waals surface area contributed by atoms with Crippen LogP contribution in [0.15, 0.2) is 72.5 Å². The second-order valence-electron chi connectivity index (χ2n) is 6.34. The first-order valence-electron chi connectivity index (χ1n) is 8.62. The van der Waals surface area contributed by atoms with Crippen LogP contribution in [0.2, 0.25) is 0 Å². The van der Waals surface area contributed by atoms with E-state index in [1.807, 2.05) is 41.8 Å². The summed E-state index contributed by atoms with van der Waals surface area (Å²) in [6.45, 7) is 5.54. The van der Waals surface area contributed by atoms with Crippen molar-refractivity contribution < 1.29 is 14.6 Å². The van der Waals surface area contributed by atoms with Crippen molar-refractivity contribution in [2.24, 2.45) is 0 Å². The molecule has 0 aliphatic carbocycles. The average Bonchev–Trinajstić information content (AvgIpc) is 3.02. The molecule has 0 spiro atoms. The molecular weight excluding hydrogens is 342 g/mol. The zero-order valence-electron chi connectivity index (χ0n) is 14.8.